The van der Waals surface area contributed by atoms with Crippen LogP contribution >= 0.6 is 0 Å². The predicted octanol–water partition coefficient (Wildman–Crippen LogP) is 6.69. The molecule has 3 aliphatic heterocycles. The molecule has 7 rings (SSSR count). The SMILES string of the molecule is CC1=CCC(NC(O)c2ccc3c(c2)N(CC(C)C)C(=O)[C@H](CC(C)C)N=C3c2ccccc2)C=C1N1CC2C=NC(Nc3ccc(C)nc3)=NC2N(C)C1=O. The molecule has 1 aromatic heterocycles. The molecule has 5 atom stereocenters. The number of nitrogens with zero attached hydrogens (tertiary/aromatic N) is 7. The van der Waals surface area contributed by atoms with E-state index in [1.54, 1.807) is 23.0 Å². The summed E-state index contributed by atoms with van der Waals surface area (Å²) in [6, 6.07) is 18.7. The van der Waals surface area contributed by atoms with Crippen LogP contribution in [0, 0.1) is 24.7 Å². The second-order valence-corrected chi connectivity index (χ2v) is 16.1. The number of carbonyl (C=O) groups is 2. The Morgan fingerprint density at radius 2 is 1.75 bits per heavy atom. The van der Waals surface area contributed by atoms with Crippen LogP contribution in [-0.4, -0.2) is 88.1 Å². The number of guanidine groups is 1. The monoisotopic (exact) mass is 755 g/mol. The van der Waals surface area contributed by atoms with Gasteiger partial charge in [-0.2, -0.15) is 0 Å². The van der Waals surface area contributed by atoms with E-state index in [0.717, 1.165) is 45.2 Å². The number of carbonyl (C=O) groups excluding carboxylic acids is 2. The molecule has 4 heterocycles. The highest BCUT2D eigenvalue weighted by Crippen LogP contribution is 2.35. The van der Waals surface area contributed by atoms with E-state index in [1.165, 1.54) is 0 Å². The molecular formula is C44H53N9O3. The smallest absolute Gasteiger partial charge is 0.325 e. The Balaban J connectivity index is 1.12. The van der Waals surface area contributed by atoms with Gasteiger partial charge < -0.3 is 20.2 Å². The molecule has 1 fully saturated rings. The van der Waals surface area contributed by atoms with Crippen LogP contribution in [0.4, 0.5) is 16.2 Å². The van der Waals surface area contributed by atoms with Crippen LogP contribution in [-0.2, 0) is 4.79 Å². The lowest BCUT2D eigenvalue weighted by Gasteiger charge is -2.44. The zero-order valence-electron chi connectivity index (χ0n) is 33.3. The van der Waals surface area contributed by atoms with Gasteiger partial charge in [0.2, 0.25) is 5.96 Å². The highest BCUT2D eigenvalue weighted by atomic mass is 16.3. The minimum atomic E-state index is -1.05. The first-order chi connectivity index (χ1) is 26.9. The lowest BCUT2D eigenvalue weighted by molar-refractivity contribution is -0.120. The molecule has 56 heavy (non-hydrogen) atoms. The number of rotatable bonds is 10. The summed E-state index contributed by atoms with van der Waals surface area (Å²) < 4.78 is 0. The topological polar surface area (TPSA) is 138 Å². The van der Waals surface area contributed by atoms with Crippen LogP contribution in [0.2, 0.25) is 0 Å². The molecule has 3 aromatic rings. The van der Waals surface area contributed by atoms with Crippen LogP contribution in [0.1, 0.15) is 76.1 Å². The second-order valence-electron chi connectivity index (χ2n) is 16.1. The van der Waals surface area contributed by atoms with Gasteiger partial charge >= 0.3 is 6.03 Å². The van der Waals surface area contributed by atoms with Crippen LogP contribution in [0.5, 0.6) is 0 Å². The molecule has 12 heteroatoms. The first kappa shape index (κ1) is 38.8. The molecule has 2 aromatic carbocycles. The molecule has 3 amide bonds. The minimum Gasteiger partial charge on any atom is -0.374 e. The van der Waals surface area contributed by atoms with Crippen molar-refractivity contribution >= 4 is 41.2 Å². The molecule has 0 radical (unpaired) electrons. The van der Waals surface area contributed by atoms with Gasteiger partial charge in [-0.15, -0.1) is 0 Å². The predicted molar refractivity (Wildman–Crippen MR) is 223 cm³/mol. The van der Waals surface area contributed by atoms with Crippen LogP contribution in [0.3, 0.4) is 0 Å². The molecule has 292 valence electrons. The van der Waals surface area contributed by atoms with Crippen molar-refractivity contribution in [1.29, 1.82) is 0 Å². The zero-order valence-corrected chi connectivity index (χ0v) is 33.3. The third kappa shape index (κ3) is 8.22. The minimum absolute atomic E-state index is 0.0252. The summed E-state index contributed by atoms with van der Waals surface area (Å²) in [6.07, 6.45) is 7.55. The fourth-order valence-corrected chi connectivity index (χ4v) is 7.76. The first-order valence-corrected chi connectivity index (χ1v) is 19.6. The van der Waals surface area contributed by atoms with Gasteiger partial charge in [0.05, 0.1) is 29.2 Å². The lowest BCUT2D eigenvalue weighted by Crippen LogP contribution is -2.58. The number of benzodiazepines with no additional fused rings is 1. The van der Waals surface area contributed by atoms with Gasteiger partial charge in [-0.3, -0.25) is 25.0 Å². The highest BCUT2D eigenvalue weighted by molar-refractivity contribution is 6.20. The molecule has 0 spiro atoms. The fraction of sp³-hybridized carbons (Fsp3) is 0.409. The van der Waals surface area contributed by atoms with Crippen LogP contribution < -0.4 is 15.5 Å². The van der Waals surface area contributed by atoms with Gasteiger partial charge in [-0.05, 0) is 73.9 Å². The van der Waals surface area contributed by atoms with Gasteiger partial charge in [-0.25, -0.2) is 14.8 Å². The van der Waals surface area contributed by atoms with Crippen LogP contribution in [0.15, 0.2) is 105 Å². The van der Waals surface area contributed by atoms with Crippen molar-refractivity contribution < 1.29 is 14.7 Å². The van der Waals surface area contributed by atoms with E-state index in [0.29, 0.717) is 37.5 Å². The highest BCUT2D eigenvalue weighted by Gasteiger charge is 2.41. The van der Waals surface area contributed by atoms with Crippen LogP contribution in [0.25, 0.3) is 0 Å². The lowest BCUT2D eigenvalue weighted by atomic mass is 9.95. The maximum Gasteiger partial charge on any atom is 0.325 e. The number of fused-ring (bicyclic) bond motifs is 2. The van der Waals surface area contributed by atoms with E-state index in [4.69, 9.17) is 9.98 Å². The normalized spacial score (nSPS) is 22.9. The number of hydrogen-bond acceptors (Lipinski definition) is 9. The standard InChI is InChI=1S/C44H53N9O3/c1-26(2)19-36-42(55)52(24-27(3)4)38-20-31(15-18-35(38)39(49-36)30-11-9-8-10-12-30)41(54)47-33-16-13-28(5)37(21-33)53-25-32-22-46-43(50-40(32)51(7)44(53)56)48-34-17-14-29(6)45-23-34/h8-15,17-18,20-23,26-27,32-33,36,40-41,47,54H,16,19,24-25H2,1-7H3,(H,48,50)/t32?,33?,36-,40?,41?/m0/s1. The van der Waals surface area contributed by atoms with Gasteiger partial charge in [0, 0.05) is 54.9 Å². The van der Waals surface area contributed by atoms with E-state index in [1.807, 2.05) is 91.7 Å². The summed E-state index contributed by atoms with van der Waals surface area (Å²) in [6.45, 7) is 13.3. The largest absolute Gasteiger partial charge is 0.374 e. The second kappa shape index (κ2) is 16.3. The Labute approximate surface area is 329 Å². The Morgan fingerprint density at radius 3 is 2.46 bits per heavy atom. The number of aliphatic hydroxyl groups excluding tert-OH is 1. The van der Waals surface area contributed by atoms with Crippen molar-refractivity contribution in [3.8, 4) is 0 Å². The van der Waals surface area contributed by atoms with E-state index < -0.39 is 18.4 Å². The number of aliphatic hydroxyl groups is 1. The van der Waals surface area contributed by atoms with E-state index in [9.17, 15) is 14.7 Å². The van der Waals surface area contributed by atoms with Crippen molar-refractivity contribution in [1.82, 2.24) is 20.1 Å². The van der Waals surface area contributed by atoms with Crippen molar-refractivity contribution in [3.05, 3.63) is 113 Å². The van der Waals surface area contributed by atoms with Crippen molar-refractivity contribution in [3.63, 3.8) is 0 Å². The summed E-state index contributed by atoms with van der Waals surface area (Å²) >= 11 is 0. The van der Waals surface area contributed by atoms with Gasteiger partial charge in [0.15, 0.2) is 0 Å². The molecule has 0 bridgehead atoms. The average molecular weight is 756 g/mol. The van der Waals surface area contributed by atoms with E-state index >= 15 is 0 Å². The number of aliphatic imine (C=N–C) groups is 3. The molecule has 12 nitrogen and oxygen atoms in total. The van der Waals surface area contributed by atoms with Gasteiger partial charge in [-0.1, -0.05) is 76.2 Å². The summed E-state index contributed by atoms with van der Waals surface area (Å²) in [4.78, 5) is 52.3. The van der Waals surface area contributed by atoms with Crippen molar-refractivity contribution in [2.24, 2.45) is 32.7 Å². The average Bonchev–Trinajstić information content (AvgIpc) is 3.28. The molecule has 4 aliphatic rings. The molecule has 1 saturated heterocycles. The fourth-order valence-electron chi connectivity index (χ4n) is 7.76. The third-order valence-corrected chi connectivity index (χ3v) is 10.6. The number of amides is 3. The van der Waals surface area contributed by atoms with E-state index in [-0.39, 0.29) is 35.7 Å². The zero-order chi connectivity index (χ0) is 39.7. The number of aromatic nitrogens is 1. The van der Waals surface area contributed by atoms with E-state index in [2.05, 4.69) is 54.4 Å². The maximum absolute atomic E-state index is 14.3. The number of aryl methyl sites for hydroxylation is 1. The quantitative estimate of drug-likeness (QED) is 0.197. The summed E-state index contributed by atoms with van der Waals surface area (Å²) in [5, 5.41) is 18.4. The third-order valence-electron chi connectivity index (χ3n) is 10.6. The molecule has 1 aliphatic carbocycles. The summed E-state index contributed by atoms with van der Waals surface area (Å²) in [5.74, 6) is 0.786. The Kier molecular flexibility index (Phi) is 11.3. The number of urea groups is 1. The number of allylic oxidation sites excluding steroid dienone is 1. The number of nitrogens with one attached hydrogen (secondary N) is 2. The Hall–Kier alpha value is -5.46. The summed E-state index contributed by atoms with van der Waals surface area (Å²) in [5.41, 5.74) is 7.44. The number of hydrogen-bond donors (Lipinski definition) is 3. The number of anilines is 2. The van der Waals surface area contributed by atoms with Crippen molar-refractivity contribution in [2.75, 3.05) is 30.4 Å². The molecule has 3 N–H and O–H groups in total. The number of pyridine rings is 1. The summed E-state index contributed by atoms with van der Waals surface area (Å²) in [7, 11) is 1.77. The van der Waals surface area contributed by atoms with Crippen molar-refractivity contribution in [2.45, 2.75) is 78.9 Å². The number of benzene rings is 2. The molecular weight excluding hydrogens is 703 g/mol. The molecule has 0 saturated carbocycles. The molecule has 4 unspecified atom stereocenters. The Morgan fingerprint density at radius 1 is 0.964 bits per heavy atom. The van der Waals surface area contributed by atoms with Gasteiger partial charge in [0.1, 0.15) is 18.4 Å². The maximum atomic E-state index is 14.3. The Bertz CT molecular complexity index is 2100. The van der Waals surface area contributed by atoms with Gasteiger partial charge in [0.25, 0.3) is 5.91 Å². The first-order valence-electron chi connectivity index (χ1n) is 19.6.